The van der Waals surface area contributed by atoms with E-state index < -0.39 is 0 Å². The summed E-state index contributed by atoms with van der Waals surface area (Å²) in [5.41, 5.74) is 1.22. The molecule has 20 heavy (non-hydrogen) atoms. The zero-order valence-electron chi connectivity index (χ0n) is 12.8. The smallest absolute Gasteiger partial charge is 0.161 e. The monoisotopic (exact) mass is 278 g/mol. The first-order valence-corrected chi connectivity index (χ1v) is 7.44. The van der Waals surface area contributed by atoms with Crippen molar-refractivity contribution in [2.45, 2.75) is 32.4 Å². The average Bonchev–Trinajstić information content (AvgIpc) is 3.31. The average molecular weight is 278 g/mol. The van der Waals surface area contributed by atoms with E-state index in [1.165, 1.54) is 18.4 Å². The van der Waals surface area contributed by atoms with E-state index in [4.69, 9.17) is 9.47 Å². The van der Waals surface area contributed by atoms with Crippen molar-refractivity contribution in [2.24, 2.45) is 0 Å². The quantitative estimate of drug-likeness (QED) is 0.703. The predicted molar refractivity (Wildman–Crippen MR) is 81.5 cm³/mol. The highest BCUT2D eigenvalue weighted by atomic mass is 16.5. The van der Waals surface area contributed by atoms with Gasteiger partial charge in [-0.3, -0.25) is 4.90 Å². The minimum absolute atomic E-state index is 0.780. The van der Waals surface area contributed by atoms with Gasteiger partial charge >= 0.3 is 0 Å². The third-order valence-electron chi connectivity index (χ3n) is 3.82. The maximum atomic E-state index is 5.32. The van der Waals surface area contributed by atoms with Gasteiger partial charge in [-0.15, -0.1) is 0 Å². The lowest BCUT2D eigenvalue weighted by Gasteiger charge is -2.19. The minimum Gasteiger partial charge on any atom is -0.493 e. The highest BCUT2D eigenvalue weighted by Crippen LogP contribution is 2.27. The maximum absolute atomic E-state index is 5.32. The number of nitrogens with one attached hydrogen (secondary N) is 1. The Balaban J connectivity index is 1.75. The van der Waals surface area contributed by atoms with E-state index in [9.17, 15) is 0 Å². The topological polar surface area (TPSA) is 33.7 Å². The fourth-order valence-electron chi connectivity index (χ4n) is 2.48. The van der Waals surface area contributed by atoms with Crippen LogP contribution in [-0.2, 0) is 6.54 Å². The third-order valence-corrected chi connectivity index (χ3v) is 3.82. The van der Waals surface area contributed by atoms with E-state index >= 15 is 0 Å². The molecule has 1 fully saturated rings. The van der Waals surface area contributed by atoms with Gasteiger partial charge in [0.15, 0.2) is 11.5 Å². The molecule has 0 aromatic heterocycles. The van der Waals surface area contributed by atoms with E-state index in [0.717, 1.165) is 43.7 Å². The van der Waals surface area contributed by atoms with Gasteiger partial charge in [0, 0.05) is 25.7 Å². The van der Waals surface area contributed by atoms with E-state index in [1.54, 1.807) is 14.2 Å². The molecule has 0 unspecified atom stereocenters. The zero-order valence-corrected chi connectivity index (χ0v) is 12.8. The fraction of sp³-hybridized carbons (Fsp3) is 0.625. The molecule has 0 spiro atoms. The van der Waals surface area contributed by atoms with Crippen LogP contribution >= 0.6 is 0 Å². The number of ether oxygens (including phenoxy) is 2. The summed E-state index contributed by atoms with van der Waals surface area (Å²) < 4.78 is 10.6. The van der Waals surface area contributed by atoms with E-state index in [0.29, 0.717) is 0 Å². The van der Waals surface area contributed by atoms with Crippen LogP contribution in [-0.4, -0.2) is 44.8 Å². The lowest BCUT2D eigenvalue weighted by atomic mass is 10.2. The van der Waals surface area contributed by atoms with Crippen molar-refractivity contribution < 1.29 is 9.47 Å². The van der Waals surface area contributed by atoms with Crippen molar-refractivity contribution in [3.8, 4) is 11.5 Å². The molecule has 0 saturated heterocycles. The molecule has 0 atom stereocenters. The molecule has 0 amide bonds. The first-order valence-electron chi connectivity index (χ1n) is 7.44. The van der Waals surface area contributed by atoms with Crippen molar-refractivity contribution in [3.05, 3.63) is 23.8 Å². The van der Waals surface area contributed by atoms with Crippen LogP contribution in [0.25, 0.3) is 0 Å². The summed E-state index contributed by atoms with van der Waals surface area (Å²) >= 11 is 0. The minimum atomic E-state index is 0.780. The number of methoxy groups -OCH3 is 2. The second-order valence-electron chi connectivity index (χ2n) is 5.23. The van der Waals surface area contributed by atoms with Crippen LogP contribution in [0.4, 0.5) is 0 Å². The Morgan fingerprint density at radius 1 is 1.20 bits per heavy atom. The Labute approximate surface area is 122 Å². The molecule has 1 aromatic carbocycles. The summed E-state index contributed by atoms with van der Waals surface area (Å²) in [6.45, 7) is 6.42. The lowest BCUT2D eigenvalue weighted by molar-refractivity contribution is 0.277. The predicted octanol–water partition coefficient (Wildman–Crippen LogP) is 2.28. The van der Waals surface area contributed by atoms with Crippen LogP contribution in [0.1, 0.15) is 25.3 Å². The van der Waals surface area contributed by atoms with Gasteiger partial charge in [0.2, 0.25) is 0 Å². The zero-order chi connectivity index (χ0) is 14.4. The van der Waals surface area contributed by atoms with Gasteiger partial charge in [-0.05, 0) is 37.1 Å². The van der Waals surface area contributed by atoms with Gasteiger partial charge in [0.1, 0.15) is 0 Å². The molecule has 1 saturated carbocycles. The second kappa shape index (κ2) is 7.50. The first-order chi connectivity index (χ1) is 9.78. The Bertz CT molecular complexity index is 419. The summed E-state index contributed by atoms with van der Waals surface area (Å²) in [4.78, 5) is 2.56. The van der Waals surface area contributed by atoms with Gasteiger partial charge < -0.3 is 14.8 Å². The van der Waals surface area contributed by atoms with Crippen LogP contribution in [0.2, 0.25) is 0 Å². The van der Waals surface area contributed by atoms with E-state index in [2.05, 4.69) is 23.2 Å². The SMILES string of the molecule is CCN(CCNCc1ccc(OC)c(OC)c1)C1CC1. The first kappa shape index (κ1) is 15.1. The van der Waals surface area contributed by atoms with Crippen molar-refractivity contribution >= 4 is 0 Å². The van der Waals surface area contributed by atoms with Crippen LogP contribution in [0.15, 0.2) is 18.2 Å². The molecular formula is C16H26N2O2. The lowest BCUT2D eigenvalue weighted by Crippen LogP contribution is -2.33. The van der Waals surface area contributed by atoms with E-state index in [-0.39, 0.29) is 0 Å². The highest BCUT2D eigenvalue weighted by Gasteiger charge is 2.26. The molecule has 1 N–H and O–H groups in total. The summed E-state index contributed by atoms with van der Waals surface area (Å²) in [5.74, 6) is 1.57. The molecule has 1 aromatic rings. The summed E-state index contributed by atoms with van der Waals surface area (Å²) in [6.07, 6.45) is 2.76. The Hall–Kier alpha value is -1.26. The van der Waals surface area contributed by atoms with Crippen LogP contribution < -0.4 is 14.8 Å². The number of hydrogen-bond donors (Lipinski definition) is 1. The van der Waals surface area contributed by atoms with Gasteiger partial charge in [-0.1, -0.05) is 13.0 Å². The number of hydrogen-bond acceptors (Lipinski definition) is 4. The molecule has 1 aliphatic carbocycles. The molecule has 112 valence electrons. The molecule has 1 aliphatic rings. The summed E-state index contributed by atoms with van der Waals surface area (Å²) in [6, 6.07) is 6.91. The van der Waals surface area contributed by atoms with Crippen LogP contribution in [0.5, 0.6) is 11.5 Å². The number of nitrogens with zero attached hydrogens (tertiary/aromatic N) is 1. The van der Waals surface area contributed by atoms with Gasteiger partial charge in [-0.2, -0.15) is 0 Å². The van der Waals surface area contributed by atoms with Crippen molar-refractivity contribution in [1.82, 2.24) is 10.2 Å². The molecule has 4 nitrogen and oxygen atoms in total. The molecule has 2 rings (SSSR count). The summed E-state index contributed by atoms with van der Waals surface area (Å²) in [5, 5.41) is 3.50. The molecule has 0 radical (unpaired) electrons. The van der Waals surface area contributed by atoms with Gasteiger partial charge in [-0.25, -0.2) is 0 Å². The fourth-order valence-corrected chi connectivity index (χ4v) is 2.48. The van der Waals surface area contributed by atoms with Crippen molar-refractivity contribution in [1.29, 1.82) is 0 Å². The molecule has 0 aliphatic heterocycles. The van der Waals surface area contributed by atoms with Crippen molar-refractivity contribution in [3.63, 3.8) is 0 Å². The van der Waals surface area contributed by atoms with Crippen LogP contribution in [0.3, 0.4) is 0 Å². The normalized spacial score (nSPS) is 14.6. The summed E-state index contributed by atoms with van der Waals surface area (Å²) in [7, 11) is 3.33. The Morgan fingerprint density at radius 2 is 1.95 bits per heavy atom. The van der Waals surface area contributed by atoms with Crippen LogP contribution in [0, 0.1) is 0 Å². The number of rotatable bonds is 9. The standard InChI is InChI=1S/C16H26N2O2/c1-4-18(14-6-7-14)10-9-17-12-13-5-8-15(19-2)16(11-13)20-3/h5,8,11,14,17H,4,6-7,9-10,12H2,1-3H3. The molecule has 4 heteroatoms. The molecule has 0 heterocycles. The highest BCUT2D eigenvalue weighted by molar-refractivity contribution is 5.42. The van der Waals surface area contributed by atoms with Gasteiger partial charge in [0.05, 0.1) is 14.2 Å². The maximum Gasteiger partial charge on any atom is 0.161 e. The number of benzene rings is 1. The van der Waals surface area contributed by atoms with Gasteiger partial charge in [0.25, 0.3) is 0 Å². The third kappa shape index (κ3) is 4.12. The van der Waals surface area contributed by atoms with E-state index in [1.807, 2.05) is 12.1 Å². The van der Waals surface area contributed by atoms with Crippen molar-refractivity contribution in [2.75, 3.05) is 33.9 Å². The second-order valence-corrected chi connectivity index (χ2v) is 5.23. The molecular weight excluding hydrogens is 252 g/mol. The molecule has 0 bridgehead atoms. The Kier molecular flexibility index (Phi) is 5.68. The largest absolute Gasteiger partial charge is 0.493 e. The Morgan fingerprint density at radius 3 is 2.55 bits per heavy atom. The number of likely N-dealkylation sites (N-methyl/N-ethyl adjacent to an activating group) is 1.